The van der Waals surface area contributed by atoms with Crippen molar-refractivity contribution in [1.82, 2.24) is 0 Å². The molecule has 1 aliphatic carbocycles. The van der Waals surface area contributed by atoms with Gasteiger partial charge in [-0.3, -0.25) is 4.79 Å². The van der Waals surface area contributed by atoms with Crippen molar-refractivity contribution in [3.63, 3.8) is 0 Å². The smallest absolute Gasteiger partial charge is 0.266 e. The molecule has 0 saturated heterocycles. The number of rotatable bonds is 7. The predicted molar refractivity (Wildman–Crippen MR) is 149 cm³/mol. The van der Waals surface area contributed by atoms with Crippen LogP contribution in [0.2, 0.25) is 10.0 Å². The number of carbonyl (C=O) groups is 1. The number of ether oxygens (including phenoxy) is 2. The van der Waals surface area contributed by atoms with Crippen molar-refractivity contribution in [2.24, 2.45) is 0 Å². The molecule has 0 fully saturated rings. The highest BCUT2D eigenvalue weighted by atomic mass is 79.9. The lowest BCUT2D eigenvalue weighted by Gasteiger charge is -2.14. The van der Waals surface area contributed by atoms with E-state index in [0.717, 1.165) is 41.7 Å². The average molecular weight is 617 g/mol. The number of anilines is 1. The summed E-state index contributed by atoms with van der Waals surface area (Å²) in [7, 11) is 1.50. The van der Waals surface area contributed by atoms with E-state index < -0.39 is 5.91 Å². The topological polar surface area (TPSA) is 95.1 Å². The Morgan fingerprint density at radius 3 is 2.70 bits per heavy atom. The number of aryl methyl sites for hydroxylation is 1. The third kappa shape index (κ3) is 6.11. The number of thiophene rings is 1. The zero-order valence-corrected chi connectivity index (χ0v) is 23.6. The molecule has 0 spiro atoms. The molecule has 1 aromatic heterocycles. The summed E-state index contributed by atoms with van der Waals surface area (Å²) in [5.41, 5.74) is 2.71. The zero-order chi connectivity index (χ0) is 26.5. The third-order valence-electron chi connectivity index (χ3n) is 5.83. The first-order valence-corrected chi connectivity index (χ1v) is 13.6. The predicted octanol–water partition coefficient (Wildman–Crippen LogP) is 7.70. The van der Waals surface area contributed by atoms with Gasteiger partial charge in [0.05, 0.1) is 17.1 Å². The Labute approximate surface area is 237 Å². The molecule has 188 valence electrons. The van der Waals surface area contributed by atoms with E-state index in [9.17, 15) is 15.3 Å². The van der Waals surface area contributed by atoms with Crippen molar-refractivity contribution < 1.29 is 14.3 Å². The van der Waals surface area contributed by atoms with Crippen LogP contribution in [0, 0.1) is 22.7 Å². The molecule has 1 aliphatic rings. The quantitative estimate of drug-likeness (QED) is 0.217. The molecule has 0 atom stereocenters. The van der Waals surface area contributed by atoms with E-state index in [0.29, 0.717) is 42.1 Å². The van der Waals surface area contributed by atoms with Crippen molar-refractivity contribution in [1.29, 1.82) is 10.5 Å². The van der Waals surface area contributed by atoms with Crippen molar-refractivity contribution in [2.75, 3.05) is 12.4 Å². The fraction of sp³-hybridized carbons (Fsp3) is 0.222. The van der Waals surface area contributed by atoms with E-state index in [1.165, 1.54) is 24.5 Å². The maximum absolute atomic E-state index is 13.0. The summed E-state index contributed by atoms with van der Waals surface area (Å²) in [6, 6.07) is 12.7. The molecule has 1 heterocycles. The number of benzene rings is 2. The van der Waals surface area contributed by atoms with Gasteiger partial charge in [0, 0.05) is 20.5 Å². The van der Waals surface area contributed by atoms with Crippen LogP contribution in [-0.4, -0.2) is 13.0 Å². The summed E-state index contributed by atoms with van der Waals surface area (Å²) in [5, 5.41) is 23.6. The molecule has 3 aromatic rings. The first kappa shape index (κ1) is 27.0. The van der Waals surface area contributed by atoms with Crippen molar-refractivity contribution in [3.05, 3.63) is 77.6 Å². The maximum atomic E-state index is 13.0. The molecular weight excluding hydrogens is 597 g/mol. The van der Waals surface area contributed by atoms with Crippen LogP contribution >= 0.6 is 50.5 Å². The molecule has 0 saturated carbocycles. The number of nitrogens with zero attached hydrogens (tertiary/aromatic N) is 2. The Morgan fingerprint density at radius 2 is 2.00 bits per heavy atom. The van der Waals surface area contributed by atoms with Gasteiger partial charge in [-0.05, 0) is 83.1 Å². The van der Waals surface area contributed by atoms with Crippen LogP contribution in [0.15, 0.2) is 40.4 Å². The highest BCUT2D eigenvalue weighted by molar-refractivity contribution is 9.10. The van der Waals surface area contributed by atoms with Gasteiger partial charge in [0.1, 0.15) is 29.3 Å². The second-order valence-electron chi connectivity index (χ2n) is 8.21. The average Bonchev–Trinajstić information content (AvgIpc) is 3.23. The number of nitriles is 2. The van der Waals surface area contributed by atoms with Gasteiger partial charge in [0.2, 0.25) is 0 Å². The lowest BCUT2D eigenvalue weighted by molar-refractivity contribution is -0.112. The van der Waals surface area contributed by atoms with E-state index in [1.807, 2.05) is 6.07 Å². The molecule has 0 aliphatic heterocycles. The minimum Gasteiger partial charge on any atom is -0.493 e. The Bertz CT molecular complexity index is 1490. The van der Waals surface area contributed by atoms with Gasteiger partial charge < -0.3 is 14.8 Å². The number of carbonyl (C=O) groups excluding carboxylic acids is 1. The minimum atomic E-state index is -0.578. The van der Waals surface area contributed by atoms with Gasteiger partial charge in [-0.1, -0.05) is 29.3 Å². The molecule has 37 heavy (non-hydrogen) atoms. The normalized spacial score (nSPS) is 12.8. The summed E-state index contributed by atoms with van der Waals surface area (Å²) in [5.74, 6) is 0.267. The van der Waals surface area contributed by atoms with Crippen molar-refractivity contribution in [2.45, 2.75) is 32.3 Å². The number of methoxy groups -OCH3 is 1. The number of nitrogens with one attached hydrogen (secondary N) is 1. The van der Waals surface area contributed by atoms with E-state index in [2.05, 4.69) is 27.3 Å². The van der Waals surface area contributed by atoms with E-state index in [-0.39, 0.29) is 12.2 Å². The van der Waals surface area contributed by atoms with Gasteiger partial charge in [0.15, 0.2) is 11.5 Å². The highest BCUT2D eigenvalue weighted by Gasteiger charge is 2.23. The maximum Gasteiger partial charge on any atom is 0.266 e. The van der Waals surface area contributed by atoms with E-state index >= 15 is 0 Å². The van der Waals surface area contributed by atoms with Crippen molar-refractivity contribution in [3.8, 4) is 23.6 Å². The number of halogens is 3. The van der Waals surface area contributed by atoms with E-state index in [4.69, 9.17) is 32.7 Å². The van der Waals surface area contributed by atoms with Crippen LogP contribution < -0.4 is 14.8 Å². The molecule has 6 nitrogen and oxygen atoms in total. The third-order valence-corrected chi connectivity index (χ3v) is 8.21. The second-order valence-corrected chi connectivity index (χ2v) is 11.0. The molecule has 1 N–H and O–H groups in total. The summed E-state index contributed by atoms with van der Waals surface area (Å²) in [6.07, 6.45) is 5.29. The molecule has 10 heteroatoms. The van der Waals surface area contributed by atoms with Gasteiger partial charge >= 0.3 is 0 Å². The lowest BCUT2D eigenvalue weighted by atomic mass is 9.96. The van der Waals surface area contributed by atoms with Gasteiger partial charge in [-0.25, -0.2) is 0 Å². The summed E-state index contributed by atoms with van der Waals surface area (Å²) in [4.78, 5) is 14.1. The molecule has 4 rings (SSSR count). The monoisotopic (exact) mass is 615 g/mol. The molecular formula is C27H20BrCl2N3O3S. The first-order chi connectivity index (χ1) is 17.8. The van der Waals surface area contributed by atoms with E-state index in [1.54, 1.807) is 30.3 Å². The highest BCUT2D eigenvalue weighted by Crippen LogP contribution is 2.39. The molecule has 2 aromatic carbocycles. The SMILES string of the molecule is COc1cc(/C=C(\C#N)C(=O)Nc2sc3c(c2C#N)CCCC3)cc(Br)c1OCc1ccc(Cl)cc1Cl. The number of amides is 1. The van der Waals surface area contributed by atoms with Gasteiger partial charge in [-0.2, -0.15) is 10.5 Å². The number of hydrogen-bond acceptors (Lipinski definition) is 6. The van der Waals surface area contributed by atoms with Crippen LogP contribution in [0.4, 0.5) is 5.00 Å². The Balaban J connectivity index is 1.56. The lowest BCUT2D eigenvalue weighted by Crippen LogP contribution is -2.13. The van der Waals surface area contributed by atoms with Gasteiger partial charge in [-0.15, -0.1) is 11.3 Å². The first-order valence-electron chi connectivity index (χ1n) is 11.3. The fourth-order valence-electron chi connectivity index (χ4n) is 4.01. The molecule has 0 bridgehead atoms. The van der Waals surface area contributed by atoms with Crippen molar-refractivity contribution >= 4 is 67.5 Å². The summed E-state index contributed by atoms with van der Waals surface area (Å²) >= 11 is 17.1. The van der Waals surface area contributed by atoms with Gasteiger partial charge in [0.25, 0.3) is 5.91 Å². The Hall–Kier alpha value is -3.01. The van der Waals surface area contributed by atoms with Crippen LogP contribution in [0.5, 0.6) is 11.5 Å². The van der Waals surface area contributed by atoms with Crippen LogP contribution in [0.1, 0.15) is 40.0 Å². The Morgan fingerprint density at radius 1 is 1.22 bits per heavy atom. The Kier molecular flexibility index (Phi) is 8.79. The second kappa shape index (κ2) is 12.0. The molecule has 0 radical (unpaired) electrons. The number of hydrogen-bond donors (Lipinski definition) is 1. The molecule has 1 amide bonds. The standard InChI is InChI=1S/C27H20BrCl2N3O3S/c1-35-23-10-15(9-21(28)25(23)36-14-16-6-7-18(29)11-22(16)30)8-17(12-31)26(34)33-27-20(13-32)19-4-2-3-5-24(19)37-27/h6-11H,2-5,14H2,1H3,(H,33,34)/b17-8+. The zero-order valence-electron chi connectivity index (χ0n) is 19.7. The van der Waals surface area contributed by atoms with Crippen LogP contribution in [0.25, 0.3) is 6.08 Å². The summed E-state index contributed by atoms with van der Waals surface area (Å²) in [6.45, 7) is 0.179. The van der Waals surface area contributed by atoms with Crippen LogP contribution in [-0.2, 0) is 24.2 Å². The largest absolute Gasteiger partial charge is 0.493 e. The molecule has 0 unspecified atom stereocenters. The summed E-state index contributed by atoms with van der Waals surface area (Å²) < 4.78 is 12.0. The number of fused-ring (bicyclic) bond motifs is 1. The fourth-order valence-corrected chi connectivity index (χ4v) is 6.28. The van der Waals surface area contributed by atoms with Crippen LogP contribution in [0.3, 0.4) is 0 Å². The minimum absolute atomic E-state index is 0.106.